The first kappa shape index (κ1) is 64.6. The molecule has 0 saturated carbocycles. The van der Waals surface area contributed by atoms with Crippen LogP contribution in [0, 0.1) is 0 Å². The number of anilines is 5. The highest BCUT2D eigenvalue weighted by Crippen LogP contribution is 2.48. The lowest BCUT2D eigenvalue weighted by Gasteiger charge is -2.23. The summed E-state index contributed by atoms with van der Waals surface area (Å²) in [6.45, 7) is 0.642. The van der Waals surface area contributed by atoms with Crippen molar-refractivity contribution in [3.05, 3.63) is 89.7 Å². The molecule has 0 bridgehead atoms. The summed E-state index contributed by atoms with van der Waals surface area (Å²) >= 11 is 6.34. The van der Waals surface area contributed by atoms with E-state index in [0.29, 0.717) is 5.69 Å². The molecule has 31 nitrogen and oxygen atoms in total. The molecule has 6 rings (SSSR count). The van der Waals surface area contributed by atoms with Crippen LogP contribution in [0.15, 0.2) is 119 Å². The number of fused-ring (bicyclic) bond motifs is 1. The van der Waals surface area contributed by atoms with Gasteiger partial charge in [0.15, 0.2) is 25.4 Å². The minimum absolute atomic E-state index is 0.0797. The summed E-state index contributed by atoms with van der Waals surface area (Å²) in [5.41, 5.74) is 2.54. The van der Waals surface area contributed by atoms with Crippen molar-refractivity contribution in [2.75, 3.05) is 67.7 Å². The molecule has 6 N–H and O–H groups in total. The third kappa shape index (κ3) is 16.2. The molecule has 0 aliphatic rings. The van der Waals surface area contributed by atoms with E-state index in [2.05, 4.69) is 49.1 Å². The van der Waals surface area contributed by atoms with E-state index in [4.69, 9.17) is 30.3 Å². The third-order valence-electron chi connectivity index (χ3n) is 11.1. The number of azo groups is 2. The largest absolute Gasteiger partial charge is 0.505 e. The predicted molar refractivity (Wildman–Crippen MR) is 294 cm³/mol. The molecule has 0 radical (unpaired) electrons. The Labute approximate surface area is 475 Å². The number of nitrogens with zero attached hydrogens (tertiary/aromatic N) is 8. The van der Waals surface area contributed by atoms with E-state index < -0.39 is 164 Å². The van der Waals surface area contributed by atoms with Crippen LogP contribution < -0.4 is 16.0 Å². The number of para-hydroxylation sites is 1. The van der Waals surface area contributed by atoms with Crippen molar-refractivity contribution in [3.8, 4) is 5.75 Å². The quantitative estimate of drug-likeness (QED) is 0.0132. The van der Waals surface area contributed by atoms with Gasteiger partial charge in [-0.25, -0.2) is 21.0 Å². The Hall–Kier alpha value is -6.53. The maximum Gasteiger partial charge on any atom is 0.397 e. The van der Waals surface area contributed by atoms with E-state index in [1.54, 1.807) is 37.3 Å². The molecule has 0 spiro atoms. The highest BCUT2D eigenvalue weighted by Gasteiger charge is 2.30. The zero-order valence-electron chi connectivity index (χ0n) is 42.7. The summed E-state index contributed by atoms with van der Waals surface area (Å²) in [6, 6.07) is 15.6. The molecule has 1 heterocycles. The summed E-state index contributed by atoms with van der Waals surface area (Å²) in [5, 5.41) is 29.1. The molecule has 0 aliphatic heterocycles. The van der Waals surface area contributed by atoms with Gasteiger partial charge < -0.3 is 21.1 Å². The average Bonchev–Trinajstić information content (AvgIpc) is 2.19. The molecule has 0 fully saturated rings. The Morgan fingerprint density at radius 2 is 1.29 bits per heavy atom. The fraction of sp³-hybridized carbons (Fsp3) is 0.279. The van der Waals surface area contributed by atoms with Gasteiger partial charge in [-0.15, -0.1) is 20.5 Å². The zero-order chi connectivity index (χ0) is 60.8. The molecular weight excluding hydrogens is 1250 g/mol. The van der Waals surface area contributed by atoms with Crippen LogP contribution in [0.2, 0.25) is 5.28 Å². The van der Waals surface area contributed by atoms with E-state index in [-0.39, 0.29) is 48.1 Å². The molecule has 0 unspecified atom stereocenters. The van der Waals surface area contributed by atoms with Crippen molar-refractivity contribution in [2.45, 2.75) is 45.1 Å². The lowest BCUT2D eigenvalue weighted by Crippen LogP contribution is -2.28. The maximum atomic E-state index is 13.4. The Bertz CT molecular complexity index is 4340. The number of hydrogen-bond acceptors (Lipinski definition) is 29. The molecule has 1 aromatic heterocycles. The van der Waals surface area contributed by atoms with Gasteiger partial charge in [0.25, 0.3) is 40.5 Å². The Morgan fingerprint density at radius 1 is 0.671 bits per heavy atom. The van der Waals surface area contributed by atoms with Gasteiger partial charge in [-0.1, -0.05) is 25.1 Å². The molecule has 0 aliphatic carbocycles. The number of sulfone groups is 2. The van der Waals surface area contributed by atoms with Gasteiger partial charge in [-0.05, 0) is 90.5 Å². The Balaban J connectivity index is 1.48. The zero-order valence-corrected chi connectivity index (χ0v) is 49.2. The number of nitrogen functional groups attached to an aromatic ring is 1. The van der Waals surface area contributed by atoms with Gasteiger partial charge >= 0.3 is 10.4 Å². The lowest BCUT2D eigenvalue weighted by atomic mass is 10.0. The summed E-state index contributed by atoms with van der Waals surface area (Å²) in [6.07, 6.45) is -0.129. The van der Waals surface area contributed by atoms with Gasteiger partial charge in [-0.2, -0.15) is 57.0 Å². The van der Waals surface area contributed by atoms with Crippen LogP contribution in [0.25, 0.3) is 10.8 Å². The number of hydrogen-bond donors (Lipinski definition) is 5. The van der Waals surface area contributed by atoms with Gasteiger partial charge in [0.2, 0.25) is 17.2 Å². The number of rotatable bonds is 27. The van der Waals surface area contributed by atoms with Crippen molar-refractivity contribution in [2.24, 2.45) is 20.5 Å². The molecule has 0 amide bonds. The number of aromatic hydroxyl groups is 1. The first-order chi connectivity index (χ1) is 38.1. The van der Waals surface area contributed by atoms with E-state index in [9.17, 15) is 68.6 Å². The number of halogens is 1. The molecule has 39 heteroatoms. The van der Waals surface area contributed by atoms with Crippen LogP contribution in [0.3, 0.4) is 0 Å². The van der Waals surface area contributed by atoms with Crippen molar-refractivity contribution in [3.63, 3.8) is 0 Å². The fourth-order valence-corrected chi connectivity index (χ4v) is 13.6. The molecule has 0 atom stereocenters. The first-order valence-corrected chi connectivity index (χ1v) is 33.9. The smallest absolute Gasteiger partial charge is 0.397 e. The number of nitrogens with two attached hydrogens (primary N) is 1. The van der Waals surface area contributed by atoms with Crippen LogP contribution in [-0.4, -0.2) is 140 Å². The topological polar surface area (TPSA) is 466 Å². The second kappa shape index (κ2) is 25.5. The highest BCUT2D eigenvalue weighted by molar-refractivity contribution is 7.92. The molecule has 5 aromatic carbocycles. The monoisotopic (exact) mass is 1300 g/mol. The molecule has 6 aromatic rings. The number of benzene rings is 5. The number of phenolic OH excluding ortho intramolecular Hbond substituents is 1. The minimum atomic E-state index is -5.07. The van der Waals surface area contributed by atoms with E-state index >= 15 is 0 Å². The average molecular weight is 1300 g/mol. The molecule has 444 valence electrons. The third-order valence-corrected chi connectivity index (χ3v) is 19.9. The van der Waals surface area contributed by atoms with Crippen molar-refractivity contribution in [1.29, 1.82) is 0 Å². The Morgan fingerprint density at radius 3 is 1.91 bits per heavy atom. The number of aromatic nitrogens is 3. The van der Waals surface area contributed by atoms with Crippen LogP contribution >= 0.6 is 11.6 Å². The standard InChI is InChI=1S/C43H47ClN10O21S7/c1-5-18-77(58,59)30-13-14-31(34(24-30)80(65,66)73-3)50-53-39-35(81(67,68)74-4)22-26-21-27(25-78(60,61)62)38(40(55)36(26)37(39)45)52-51-32-23-28(12-15-33(32)79(63,64)72-2)46-42-47-41(44)48-43(49-42)54(29-10-7-6-8-11-29)16-20-76(56,57)19-9-17-75-82(69,70)71/h6-8,10-15,21-24,55H,5,9,16-20,25,45H2,1-4H3,(H,60,61,62)(H,69,70,71)(H,46,47,48,49). The second-order valence-electron chi connectivity index (χ2n) is 16.7. The summed E-state index contributed by atoms with van der Waals surface area (Å²) in [5.74, 6) is -4.46. The van der Waals surface area contributed by atoms with Crippen LogP contribution in [-0.2, 0) is 93.0 Å². The minimum Gasteiger partial charge on any atom is -0.505 e. The van der Waals surface area contributed by atoms with Gasteiger partial charge in [0.05, 0.1) is 61.2 Å². The van der Waals surface area contributed by atoms with Crippen molar-refractivity contribution >= 4 is 145 Å². The summed E-state index contributed by atoms with van der Waals surface area (Å²) < 4.78 is 215. The van der Waals surface area contributed by atoms with E-state index in [1.165, 1.54) is 11.0 Å². The fourth-order valence-electron chi connectivity index (χ4n) is 7.40. The van der Waals surface area contributed by atoms with E-state index in [1.807, 2.05) is 0 Å². The molecular formula is C43H47ClN10O21S7. The maximum absolute atomic E-state index is 13.4. The Kier molecular flexibility index (Phi) is 20.1. The lowest BCUT2D eigenvalue weighted by molar-refractivity contribution is 0.269. The predicted octanol–water partition coefficient (Wildman–Crippen LogP) is 5.88. The van der Waals surface area contributed by atoms with Gasteiger partial charge in [0, 0.05) is 23.5 Å². The van der Waals surface area contributed by atoms with Crippen LogP contribution in [0.1, 0.15) is 25.3 Å². The van der Waals surface area contributed by atoms with Gasteiger partial charge in [-0.3, -0.25) is 21.7 Å². The molecule has 0 saturated heterocycles. The molecule has 82 heavy (non-hydrogen) atoms. The first-order valence-electron chi connectivity index (χ1n) is 22.8. The normalized spacial score (nSPS) is 13.1. The van der Waals surface area contributed by atoms with E-state index in [0.717, 1.165) is 63.8 Å². The second-order valence-corrected chi connectivity index (χ2v) is 29.0. The highest BCUT2D eigenvalue weighted by atomic mass is 35.5. The summed E-state index contributed by atoms with van der Waals surface area (Å²) in [7, 11) is -29.9. The van der Waals surface area contributed by atoms with Crippen molar-refractivity contribution < 1.29 is 89.9 Å². The SMILES string of the molecule is CCCS(=O)(=O)c1ccc(N=Nc2c(S(=O)(=O)OC)cc3cc(CS(=O)(=O)O)c(N=Nc4cc(Nc5nc(Cl)nc(N(CCS(=O)(=O)CCCOS(=O)(=O)O)c6ccccc6)n5)ccc4S(=O)(=O)OC)c(O)c3c2N)c(S(=O)(=O)OC)c1. The van der Waals surface area contributed by atoms with Crippen LogP contribution in [0.4, 0.5) is 51.7 Å². The van der Waals surface area contributed by atoms with Crippen LogP contribution in [0.5, 0.6) is 5.75 Å². The summed E-state index contributed by atoms with van der Waals surface area (Å²) in [4.78, 5) is 11.1. The van der Waals surface area contributed by atoms with Gasteiger partial charge in [0.1, 0.15) is 43.2 Å². The number of nitrogens with one attached hydrogen (secondary N) is 1. The van der Waals surface area contributed by atoms with Crippen molar-refractivity contribution in [1.82, 2.24) is 15.0 Å². The number of phenols is 1.